The van der Waals surface area contributed by atoms with Crippen LogP contribution < -0.4 is 4.74 Å². The molecule has 4 rings (SSSR count). The van der Waals surface area contributed by atoms with Crippen LogP contribution in [0.4, 0.5) is 0 Å². The summed E-state index contributed by atoms with van der Waals surface area (Å²) in [5.74, 6) is 6.66. The van der Waals surface area contributed by atoms with Crippen LogP contribution in [0.25, 0.3) is 10.9 Å². The number of carboxylic acids is 1. The molecule has 1 aromatic heterocycles. The van der Waals surface area contributed by atoms with Crippen molar-refractivity contribution in [1.82, 2.24) is 9.88 Å². The first-order valence-corrected chi connectivity index (χ1v) is 12.1. The maximum absolute atomic E-state index is 11.6. The zero-order valence-electron chi connectivity index (χ0n) is 20.1. The predicted octanol–water partition coefficient (Wildman–Crippen LogP) is 4.52. The lowest BCUT2D eigenvalue weighted by Gasteiger charge is -2.37. The van der Waals surface area contributed by atoms with Crippen LogP contribution in [-0.4, -0.2) is 52.8 Å². The maximum Gasteiger partial charge on any atom is 0.303 e. The van der Waals surface area contributed by atoms with Gasteiger partial charge in [0.05, 0.1) is 25.3 Å². The van der Waals surface area contributed by atoms with Gasteiger partial charge in [-0.25, -0.2) is 0 Å². The van der Waals surface area contributed by atoms with E-state index in [0.29, 0.717) is 19.5 Å². The van der Waals surface area contributed by atoms with Gasteiger partial charge in [0.25, 0.3) is 0 Å². The lowest BCUT2D eigenvalue weighted by Crippen LogP contribution is -2.41. The topological polar surface area (TPSA) is 82.9 Å². The van der Waals surface area contributed by atoms with E-state index in [-0.39, 0.29) is 18.3 Å². The van der Waals surface area contributed by atoms with E-state index in [0.717, 1.165) is 47.2 Å². The largest absolute Gasteiger partial charge is 0.497 e. The van der Waals surface area contributed by atoms with Crippen molar-refractivity contribution in [3.05, 3.63) is 71.9 Å². The van der Waals surface area contributed by atoms with E-state index in [2.05, 4.69) is 21.7 Å². The van der Waals surface area contributed by atoms with Crippen LogP contribution >= 0.6 is 0 Å². The van der Waals surface area contributed by atoms with Gasteiger partial charge in [-0.05, 0) is 79.6 Å². The summed E-state index contributed by atoms with van der Waals surface area (Å²) >= 11 is 0. The molecule has 2 heterocycles. The van der Waals surface area contributed by atoms with Crippen molar-refractivity contribution < 1.29 is 19.7 Å². The fourth-order valence-electron chi connectivity index (χ4n) is 5.00. The summed E-state index contributed by atoms with van der Waals surface area (Å²) in [6.45, 7) is 2.23. The maximum atomic E-state index is 11.6. The number of methoxy groups -OCH3 is 1. The molecule has 3 atom stereocenters. The molecule has 1 aliphatic rings. The summed E-state index contributed by atoms with van der Waals surface area (Å²) in [6, 6.07) is 17.4. The summed E-state index contributed by atoms with van der Waals surface area (Å²) in [7, 11) is 1.62. The molecule has 2 N–H and O–H groups in total. The number of rotatable bonds is 8. The smallest absolute Gasteiger partial charge is 0.303 e. The van der Waals surface area contributed by atoms with Gasteiger partial charge < -0.3 is 14.9 Å². The Labute approximate surface area is 206 Å². The third kappa shape index (κ3) is 6.60. The first kappa shape index (κ1) is 24.7. The summed E-state index contributed by atoms with van der Waals surface area (Å²) in [5, 5.41) is 21.4. The molecule has 6 heteroatoms. The van der Waals surface area contributed by atoms with E-state index >= 15 is 0 Å². The Hall–Kier alpha value is -3.40. The molecule has 2 aromatic carbocycles. The van der Waals surface area contributed by atoms with Crippen LogP contribution in [-0.2, 0) is 4.79 Å². The van der Waals surface area contributed by atoms with Gasteiger partial charge in [-0.1, -0.05) is 30.0 Å². The van der Waals surface area contributed by atoms with Crippen LogP contribution in [0.1, 0.15) is 42.9 Å². The van der Waals surface area contributed by atoms with Crippen LogP contribution in [0.5, 0.6) is 5.75 Å². The minimum Gasteiger partial charge on any atom is -0.497 e. The number of aliphatic hydroxyl groups excluding tert-OH is 1. The third-order valence-electron chi connectivity index (χ3n) is 6.87. The Morgan fingerprint density at radius 1 is 1.20 bits per heavy atom. The van der Waals surface area contributed by atoms with Gasteiger partial charge in [0.1, 0.15) is 5.75 Å². The molecule has 3 aromatic rings. The highest BCUT2D eigenvalue weighted by Gasteiger charge is 2.31. The van der Waals surface area contributed by atoms with Crippen LogP contribution in [0.2, 0.25) is 0 Å². The summed E-state index contributed by atoms with van der Waals surface area (Å²) in [6.07, 6.45) is 3.46. The lowest BCUT2D eigenvalue weighted by molar-refractivity contribution is -0.139. The van der Waals surface area contributed by atoms with Gasteiger partial charge in [0.2, 0.25) is 0 Å². The number of likely N-dealkylation sites (tertiary alicyclic amines) is 1. The van der Waals surface area contributed by atoms with Crippen LogP contribution in [0.15, 0.2) is 60.8 Å². The average Bonchev–Trinajstić information content (AvgIpc) is 2.87. The second-order valence-electron chi connectivity index (χ2n) is 9.19. The molecule has 0 spiro atoms. The molecule has 182 valence electrons. The van der Waals surface area contributed by atoms with E-state index in [4.69, 9.17) is 4.74 Å². The molecule has 0 saturated carbocycles. The number of hydrogen-bond donors (Lipinski definition) is 2. The van der Waals surface area contributed by atoms with E-state index in [1.165, 1.54) is 0 Å². The standard InChI is InChI=1S/C29H32N2O4/c1-35-24-10-11-27-26(19-24)25(13-15-30-27)28(32)12-9-22-14-17-31(20-23(22)18-29(33)34)16-5-8-21-6-3-2-4-7-21/h2-4,6-7,10-11,13,15,19,22-23,28,32H,9,12,14,16-18,20H2,1H3,(H,33,34)/t22-,23+,28-/m1/s1. The van der Waals surface area contributed by atoms with Gasteiger partial charge in [-0.3, -0.25) is 14.7 Å². The number of aliphatic hydroxyl groups is 1. The highest BCUT2D eigenvalue weighted by Crippen LogP contribution is 2.34. The van der Waals surface area contributed by atoms with E-state index < -0.39 is 12.1 Å². The van der Waals surface area contributed by atoms with E-state index in [1.807, 2.05) is 54.6 Å². The highest BCUT2D eigenvalue weighted by atomic mass is 16.5. The quantitative estimate of drug-likeness (QED) is 0.469. The number of nitrogens with zero attached hydrogens (tertiary/aromatic N) is 2. The normalized spacial score (nSPS) is 19.0. The van der Waals surface area contributed by atoms with Crippen molar-refractivity contribution in [3.63, 3.8) is 0 Å². The van der Waals surface area contributed by atoms with Gasteiger partial charge in [0, 0.05) is 30.1 Å². The van der Waals surface area contributed by atoms with Crippen molar-refractivity contribution in [3.8, 4) is 17.6 Å². The molecule has 0 amide bonds. The number of ether oxygens (including phenoxy) is 1. The Morgan fingerprint density at radius 2 is 2.03 bits per heavy atom. The van der Waals surface area contributed by atoms with Crippen LogP contribution in [0, 0.1) is 23.7 Å². The molecule has 1 aliphatic heterocycles. The SMILES string of the molecule is COc1ccc2nccc([C@H](O)CC[C@@H]3CCN(CC#Cc4ccccc4)C[C@@H]3CC(=O)O)c2c1. The first-order chi connectivity index (χ1) is 17.0. The molecule has 0 unspecified atom stereocenters. The van der Waals surface area contributed by atoms with E-state index in [1.54, 1.807) is 13.3 Å². The Kier molecular flexibility index (Phi) is 8.36. The summed E-state index contributed by atoms with van der Waals surface area (Å²) in [4.78, 5) is 18.2. The zero-order chi connectivity index (χ0) is 24.6. The summed E-state index contributed by atoms with van der Waals surface area (Å²) < 4.78 is 5.35. The fraction of sp³-hybridized carbons (Fsp3) is 0.379. The number of piperidine rings is 1. The number of fused-ring (bicyclic) bond motifs is 1. The van der Waals surface area contributed by atoms with Crippen molar-refractivity contribution in [2.45, 2.75) is 31.8 Å². The van der Waals surface area contributed by atoms with Crippen molar-refractivity contribution >= 4 is 16.9 Å². The highest BCUT2D eigenvalue weighted by molar-refractivity contribution is 5.83. The number of hydrogen-bond acceptors (Lipinski definition) is 5. The van der Waals surface area contributed by atoms with Crippen molar-refractivity contribution in [2.24, 2.45) is 11.8 Å². The molecule has 1 saturated heterocycles. The number of benzene rings is 2. The first-order valence-electron chi connectivity index (χ1n) is 12.1. The number of pyridine rings is 1. The summed E-state index contributed by atoms with van der Waals surface area (Å²) in [5.41, 5.74) is 2.63. The average molecular weight is 473 g/mol. The van der Waals surface area contributed by atoms with Gasteiger partial charge in [0.15, 0.2) is 0 Å². The number of carbonyl (C=O) groups is 1. The molecule has 35 heavy (non-hydrogen) atoms. The zero-order valence-corrected chi connectivity index (χ0v) is 20.1. The predicted molar refractivity (Wildman–Crippen MR) is 136 cm³/mol. The number of aliphatic carboxylic acids is 1. The fourth-order valence-corrected chi connectivity index (χ4v) is 5.00. The number of carboxylic acid groups (broad SMARTS) is 1. The molecule has 0 bridgehead atoms. The van der Waals surface area contributed by atoms with Crippen molar-refractivity contribution in [2.75, 3.05) is 26.7 Å². The van der Waals surface area contributed by atoms with Gasteiger partial charge in [-0.2, -0.15) is 0 Å². The lowest BCUT2D eigenvalue weighted by atomic mass is 9.79. The van der Waals surface area contributed by atoms with E-state index in [9.17, 15) is 15.0 Å². The van der Waals surface area contributed by atoms with Crippen molar-refractivity contribution in [1.29, 1.82) is 0 Å². The minimum absolute atomic E-state index is 0.0428. The minimum atomic E-state index is -0.773. The molecule has 1 fully saturated rings. The Morgan fingerprint density at radius 3 is 2.80 bits per heavy atom. The monoisotopic (exact) mass is 472 g/mol. The third-order valence-corrected chi connectivity index (χ3v) is 6.87. The molecular formula is C29H32N2O4. The second kappa shape index (κ2) is 11.8. The number of aromatic nitrogens is 1. The Balaban J connectivity index is 1.39. The van der Waals surface area contributed by atoms with Gasteiger partial charge in [-0.15, -0.1) is 0 Å². The van der Waals surface area contributed by atoms with Gasteiger partial charge >= 0.3 is 5.97 Å². The second-order valence-corrected chi connectivity index (χ2v) is 9.19. The van der Waals surface area contributed by atoms with Crippen LogP contribution in [0.3, 0.4) is 0 Å². The Bertz CT molecular complexity index is 1200. The molecule has 0 aliphatic carbocycles. The molecule has 6 nitrogen and oxygen atoms in total. The molecular weight excluding hydrogens is 440 g/mol. The molecule has 0 radical (unpaired) electrons.